The second-order valence-electron chi connectivity index (χ2n) is 4.90. The summed E-state index contributed by atoms with van der Waals surface area (Å²) < 4.78 is 0. The second-order valence-corrected chi connectivity index (χ2v) is 4.90. The van der Waals surface area contributed by atoms with Gasteiger partial charge in [-0.2, -0.15) is 0 Å². The first-order valence-electron chi connectivity index (χ1n) is 6.25. The molecule has 1 aromatic rings. The third kappa shape index (κ3) is 1.50. The van der Waals surface area contributed by atoms with Crippen molar-refractivity contribution in [3.05, 3.63) is 23.9 Å². The molecule has 2 heterocycles. The minimum atomic E-state index is 0.228. The summed E-state index contributed by atoms with van der Waals surface area (Å²) in [6.07, 6.45) is 7.03. The third-order valence-corrected chi connectivity index (χ3v) is 3.94. The first kappa shape index (κ1) is 10.1. The first-order valence-corrected chi connectivity index (χ1v) is 6.25. The number of rotatable bonds is 3. The third-order valence-electron chi connectivity index (χ3n) is 3.94. The van der Waals surface area contributed by atoms with Gasteiger partial charge in [-0.3, -0.25) is 0 Å². The highest BCUT2D eigenvalue weighted by atomic mass is 15.2. The van der Waals surface area contributed by atoms with E-state index in [0.29, 0.717) is 0 Å². The van der Waals surface area contributed by atoms with Gasteiger partial charge in [0.1, 0.15) is 5.82 Å². The van der Waals surface area contributed by atoms with Crippen LogP contribution in [0.1, 0.15) is 31.2 Å². The van der Waals surface area contributed by atoms with E-state index in [4.69, 9.17) is 0 Å². The number of anilines is 1. The Kier molecular flexibility index (Phi) is 2.36. The van der Waals surface area contributed by atoms with E-state index in [-0.39, 0.29) is 5.54 Å². The lowest BCUT2D eigenvalue weighted by atomic mass is 10.1. The van der Waals surface area contributed by atoms with Crippen LogP contribution < -0.4 is 10.2 Å². The van der Waals surface area contributed by atoms with Crippen molar-refractivity contribution in [1.82, 2.24) is 10.3 Å². The largest absolute Gasteiger partial charge is 0.356 e. The van der Waals surface area contributed by atoms with Crippen LogP contribution in [0.5, 0.6) is 0 Å². The molecule has 1 saturated carbocycles. The van der Waals surface area contributed by atoms with Crippen LogP contribution >= 0.6 is 0 Å². The molecule has 2 aliphatic rings. The fraction of sp³-hybridized carbons (Fsp3) is 0.615. The van der Waals surface area contributed by atoms with E-state index in [9.17, 15) is 0 Å². The van der Waals surface area contributed by atoms with E-state index in [1.165, 1.54) is 50.2 Å². The van der Waals surface area contributed by atoms with Crippen LogP contribution in [-0.2, 0) is 5.54 Å². The van der Waals surface area contributed by atoms with Gasteiger partial charge in [0.25, 0.3) is 0 Å². The molecule has 2 fully saturated rings. The maximum atomic E-state index is 4.60. The molecule has 1 saturated heterocycles. The molecule has 1 aliphatic heterocycles. The number of hydrogen-bond donors (Lipinski definition) is 1. The van der Waals surface area contributed by atoms with Crippen molar-refractivity contribution in [3.8, 4) is 0 Å². The van der Waals surface area contributed by atoms with Crippen molar-refractivity contribution in [3.63, 3.8) is 0 Å². The molecule has 3 nitrogen and oxygen atoms in total. The standard InChI is InChI=1S/C13H19N3/c1-14-13(6-7-13)11-5-4-8-15-12(11)16-9-2-3-10-16/h4-5,8,14H,2-3,6-7,9-10H2,1H3. The molecular weight excluding hydrogens is 198 g/mol. The van der Waals surface area contributed by atoms with Gasteiger partial charge in [0.2, 0.25) is 0 Å². The Morgan fingerprint density at radius 3 is 2.69 bits per heavy atom. The molecule has 16 heavy (non-hydrogen) atoms. The van der Waals surface area contributed by atoms with Crippen LogP contribution in [0.25, 0.3) is 0 Å². The van der Waals surface area contributed by atoms with Gasteiger partial charge in [-0.05, 0) is 38.8 Å². The van der Waals surface area contributed by atoms with Crippen LogP contribution in [0.4, 0.5) is 5.82 Å². The van der Waals surface area contributed by atoms with Gasteiger partial charge in [0.15, 0.2) is 0 Å². The van der Waals surface area contributed by atoms with Gasteiger partial charge < -0.3 is 10.2 Å². The van der Waals surface area contributed by atoms with Gasteiger partial charge >= 0.3 is 0 Å². The Morgan fingerprint density at radius 1 is 1.31 bits per heavy atom. The fourth-order valence-electron chi connectivity index (χ4n) is 2.73. The molecule has 0 radical (unpaired) electrons. The summed E-state index contributed by atoms with van der Waals surface area (Å²) in [4.78, 5) is 7.04. The molecule has 3 heteroatoms. The van der Waals surface area contributed by atoms with E-state index in [1.807, 2.05) is 6.20 Å². The van der Waals surface area contributed by atoms with Crippen LogP contribution in [-0.4, -0.2) is 25.1 Å². The Bertz CT molecular complexity index is 379. The van der Waals surface area contributed by atoms with E-state index >= 15 is 0 Å². The smallest absolute Gasteiger partial charge is 0.133 e. The van der Waals surface area contributed by atoms with E-state index < -0.39 is 0 Å². The minimum Gasteiger partial charge on any atom is -0.356 e. The zero-order valence-corrected chi connectivity index (χ0v) is 9.87. The topological polar surface area (TPSA) is 28.2 Å². The van der Waals surface area contributed by atoms with Gasteiger partial charge in [-0.1, -0.05) is 6.07 Å². The highest BCUT2D eigenvalue weighted by Gasteiger charge is 2.45. The number of pyridine rings is 1. The minimum absolute atomic E-state index is 0.228. The molecule has 0 spiro atoms. The van der Waals surface area contributed by atoms with Crippen LogP contribution in [0.2, 0.25) is 0 Å². The van der Waals surface area contributed by atoms with Gasteiger partial charge in [0, 0.05) is 30.4 Å². The van der Waals surface area contributed by atoms with E-state index in [0.717, 1.165) is 0 Å². The monoisotopic (exact) mass is 217 g/mol. The quantitative estimate of drug-likeness (QED) is 0.838. The zero-order valence-electron chi connectivity index (χ0n) is 9.87. The molecule has 3 rings (SSSR count). The molecule has 1 aliphatic carbocycles. The summed E-state index contributed by atoms with van der Waals surface area (Å²) in [5, 5.41) is 3.47. The van der Waals surface area contributed by atoms with E-state index in [2.05, 4.69) is 34.4 Å². The van der Waals surface area contributed by atoms with Crippen molar-refractivity contribution in [2.75, 3.05) is 25.0 Å². The Morgan fingerprint density at radius 2 is 2.06 bits per heavy atom. The molecule has 0 unspecified atom stereocenters. The lowest BCUT2D eigenvalue weighted by molar-refractivity contribution is 0.582. The average molecular weight is 217 g/mol. The van der Waals surface area contributed by atoms with Crippen molar-refractivity contribution in [1.29, 1.82) is 0 Å². The number of nitrogens with zero attached hydrogens (tertiary/aromatic N) is 2. The Hall–Kier alpha value is -1.09. The zero-order chi connectivity index (χ0) is 11.0. The number of hydrogen-bond acceptors (Lipinski definition) is 3. The fourth-order valence-corrected chi connectivity index (χ4v) is 2.73. The summed E-state index contributed by atoms with van der Waals surface area (Å²) >= 11 is 0. The average Bonchev–Trinajstić information content (AvgIpc) is 2.95. The van der Waals surface area contributed by atoms with Crippen LogP contribution in [0, 0.1) is 0 Å². The molecular formula is C13H19N3. The molecule has 0 bridgehead atoms. The normalized spacial score (nSPS) is 22.4. The SMILES string of the molecule is CNC1(c2cccnc2N2CCCC2)CC1. The summed E-state index contributed by atoms with van der Waals surface area (Å²) in [6, 6.07) is 4.30. The van der Waals surface area contributed by atoms with Crippen molar-refractivity contribution >= 4 is 5.82 Å². The summed E-state index contributed by atoms with van der Waals surface area (Å²) in [7, 11) is 2.06. The van der Waals surface area contributed by atoms with Crippen molar-refractivity contribution < 1.29 is 0 Å². The maximum Gasteiger partial charge on any atom is 0.133 e. The molecule has 0 aromatic carbocycles. The lowest BCUT2D eigenvalue weighted by Gasteiger charge is -2.24. The van der Waals surface area contributed by atoms with Crippen molar-refractivity contribution in [2.45, 2.75) is 31.2 Å². The first-order chi connectivity index (χ1) is 7.86. The maximum absolute atomic E-state index is 4.60. The summed E-state index contributed by atoms with van der Waals surface area (Å²) in [5.41, 5.74) is 1.63. The Balaban J connectivity index is 1.97. The summed E-state index contributed by atoms with van der Waals surface area (Å²) in [6.45, 7) is 2.34. The van der Waals surface area contributed by atoms with Crippen molar-refractivity contribution in [2.24, 2.45) is 0 Å². The second kappa shape index (κ2) is 3.74. The highest BCUT2D eigenvalue weighted by molar-refractivity contribution is 5.53. The van der Waals surface area contributed by atoms with Gasteiger partial charge in [-0.15, -0.1) is 0 Å². The Labute approximate surface area is 96.9 Å². The highest BCUT2D eigenvalue weighted by Crippen LogP contribution is 2.48. The lowest BCUT2D eigenvalue weighted by Crippen LogP contribution is -2.29. The molecule has 86 valence electrons. The predicted octanol–water partition coefficient (Wildman–Crippen LogP) is 1.89. The van der Waals surface area contributed by atoms with Crippen LogP contribution in [0.15, 0.2) is 18.3 Å². The molecule has 1 aromatic heterocycles. The van der Waals surface area contributed by atoms with Gasteiger partial charge in [-0.25, -0.2) is 4.98 Å². The van der Waals surface area contributed by atoms with E-state index in [1.54, 1.807) is 0 Å². The number of aromatic nitrogens is 1. The molecule has 0 atom stereocenters. The van der Waals surface area contributed by atoms with Crippen LogP contribution in [0.3, 0.4) is 0 Å². The molecule has 1 N–H and O–H groups in total. The van der Waals surface area contributed by atoms with Gasteiger partial charge in [0.05, 0.1) is 0 Å². The number of nitrogens with one attached hydrogen (secondary N) is 1. The summed E-state index contributed by atoms with van der Waals surface area (Å²) in [5.74, 6) is 1.21. The predicted molar refractivity (Wildman–Crippen MR) is 65.7 cm³/mol. The molecule has 0 amide bonds.